The number of piperidine rings is 1. The van der Waals surface area contributed by atoms with Gasteiger partial charge in [-0.15, -0.1) is 0 Å². The summed E-state index contributed by atoms with van der Waals surface area (Å²) < 4.78 is 3.14. The quantitative estimate of drug-likeness (QED) is 0.855. The minimum atomic E-state index is -0.547. The van der Waals surface area contributed by atoms with Crippen LogP contribution >= 0.6 is 0 Å². The number of carbonyl (C=O) groups excluding carboxylic acids is 1. The van der Waals surface area contributed by atoms with Crippen molar-refractivity contribution in [1.29, 1.82) is 0 Å². The summed E-state index contributed by atoms with van der Waals surface area (Å²) in [6, 6.07) is 2.04. The maximum Gasteiger partial charge on any atom is 0.328 e. The van der Waals surface area contributed by atoms with E-state index in [0.717, 1.165) is 32.2 Å². The number of nitrogens with one attached hydrogen (secondary N) is 1. The molecule has 1 atom stereocenters. The van der Waals surface area contributed by atoms with Crippen LogP contribution in [0, 0.1) is 6.92 Å². The summed E-state index contributed by atoms with van der Waals surface area (Å²) in [6.45, 7) is 3.04. The maximum atomic E-state index is 12.7. The van der Waals surface area contributed by atoms with Gasteiger partial charge in [0.1, 0.15) is 6.54 Å². The molecule has 1 aliphatic rings. The molecule has 2 aromatic heterocycles. The first-order chi connectivity index (χ1) is 12.0. The molecule has 8 heteroatoms. The van der Waals surface area contributed by atoms with Gasteiger partial charge in [0.25, 0.3) is 5.56 Å². The van der Waals surface area contributed by atoms with Crippen molar-refractivity contribution in [3.8, 4) is 0 Å². The van der Waals surface area contributed by atoms with E-state index in [0.29, 0.717) is 12.1 Å². The average Bonchev–Trinajstić information content (AvgIpc) is 3.11. The Balaban J connectivity index is 1.69. The average molecular weight is 345 g/mol. The van der Waals surface area contributed by atoms with E-state index < -0.39 is 11.2 Å². The normalized spacial score (nSPS) is 17.6. The van der Waals surface area contributed by atoms with Crippen molar-refractivity contribution in [2.75, 3.05) is 6.54 Å². The Labute approximate surface area is 145 Å². The zero-order chi connectivity index (χ0) is 17.8. The molecule has 8 nitrogen and oxygen atoms in total. The molecule has 0 unspecified atom stereocenters. The third-order valence-corrected chi connectivity index (χ3v) is 4.69. The SMILES string of the molecule is Cc1cn(CC(=O)N2CCCC[C@@H]2CCn2cccn2)c(=O)[nH]c1=O. The van der Waals surface area contributed by atoms with Crippen LogP contribution in [0.5, 0.6) is 0 Å². The van der Waals surface area contributed by atoms with E-state index in [2.05, 4.69) is 10.1 Å². The van der Waals surface area contributed by atoms with Crippen LogP contribution in [0.2, 0.25) is 0 Å². The summed E-state index contributed by atoms with van der Waals surface area (Å²) in [7, 11) is 0. The first kappa shape index (κ1) is 17.2. The lowest BCUT2D eigenvalue weighted by Crippen LogP contribution is -2.47. The van der Waals surface area contributed by atoms with Gasteiger partial charge in [0.05, 0.1) is 0 Å². The van der Waals surface area contributed by atoms with E-state index in [1.54, 1.807) is 13.1 Å². The highest BCUT2D eigenvalue weighted by Crippen LogP contribution is 2.20. The molecule has 1 saturated heterocycles. The van der Waals surface area contributed by atoms with Gasteiger partial charge in [-0.05, 0) is 38.7 Å². The fraction of sp³-hybridized carbons (Fsp3) is 0.529. The molecule has 3 heterocycles. The highest BCUT2D eigenvalue weighted by Gasteiger charge is 2.26. The Bertz CT molecular complexity index is 837. The number of H-pyrrole nitrogens is 1. The van der Waals surface area contributed by atoms with Crippen LogP contribution in [0.25, 0.3) is 0 Å². The summed E-state index contributed by atoms with van der Waals surface area (Å²) in [4.78, 5) is 40.2. The van der Waals surface area contributed by atoms with Crippen LogP contribution in [0.1, 0.15) is 31.2 Å². The van der Waals surface area contributed by atoms with Crippen molar-refractivity contribution in [3.05, 3.63) is 51.1 Å². The van der Waals surface area contributed by atoms with Gasteiger partial charge in [-0.2, -0.15) is 5.10 Å². The van der Waals surface area contributed by atoms with E-state index in [4.69, 9.17) is 0 Å². The number of rotatable bonds is 5. The van der Waals surface area contributed by atoms with Gasteiger partial charge in [0.2, 0.25) is 5.91 Å². The van der Waals surface area contributed by atoms with Crippen LogP contribution in [-0.2, 0) is 17.9 Å². The standard InChI is InChI=1S/C17H23N5O3/c1-13-11-20(17(25)19-16(13)24)12-15(23)22-9-3-2-5-14(22)6-10-21-8-4-7-18-21/h4,7-8,11,14H,2-3,5-6,9-10,12H2,1H3,(H,19,24,25)/t14-/m1/s1. The lowest BCUT2D eigenvalue weighted by atomic mass is 9.99. The molecule has 1 fully saturated rings. The van der Waals surface area contributed by atoms with Crippen LogP contribution in [0.15, 0.2) is 34.2 Å². The number of hydrogen-bond donors (Lipinski definition) is 1. The van der Waals surface area contributed by atoms with Gasteiger partial charge in [0.15, 0.2) is 0 Å². The molecule has 134 valence electrons. The van der Waals surface area contributed by atoms with Crippen LogP contribution in [-0.4, -0.2) is 42.7 Å². The molecule has 1 N–H and O–H groups in total. The van der Waals surface area contributed by atoms with Crippen LogP contribution in [0.3, 0.4) is 0 Å². The molecule has 3 rings (SSSR count). The molecule has 1 aliphatic heterocycles. The highest BCUT2D eigenvalue weighted by atomic mass is 16.2. The van der Waals surface area contributed by atoms with Crippen LogP contribution < -0.4 is 11.2 Å². The summed E-state index contributed by atoms with van der Waals surface area (Å²) in [5.74, 6) is -0.0845. The minimum Gasteiger partial charge on any atom is -0.338 e. The predicted octanol–water partition coefficient (Wildman–Crippen LogP) is 0.513. The summed E-state index contributed by atoms with van der Waals surface area (Å²) >= 11 is 0. The van der Waals surface area contributed by atoms with Crippen molar-refractivity contribution in [2.45, 2.75) is 51.7 Å². The lowest BCUT2D eigenvalue weighted by molar-refractivity contribution is -0.135. The van der Waals surface area contributed by atoms with Gasteiger partial charge < -0.3 is 4.90 Å². The summed E-state index contributed by atoms with van der Waals surface area (Å²) in [5, 5.41) is 4.20. The van der Waals surface area contributed by atoms with E-state index in [1.165, 1.54) is 10.8 Å². The zero-order valence-corrected chi connectivity index (χ0v) is 14.4. The van der Waals surface area contributed by atoms with Crippen LogP contribution in [0.4, 0.5) is 0 Å². The number of likely N-dealkylation sites (tertiary alicyclic amines) is 1. The smallest absolute Gasteiger partial charge is 0.328 e. The first-order valence-corrected chi connectivity index (χ1v) is 8.62. The van der Waals surface area contributed by atoms with Crippen molar-refractivity contribution in [2.24, 2.45) is 0 Å². The number of carbonyl (C=O) groups is 1. The van der Waals surface area contributed by atoms with E-state index in [1.807, 2.05) is 21.8 Å². The Morgan fingerprint density at radius 1 is 1.36 bits per heavy atom. The molecular weight excluding hydrogens is 322 g/mol. The molecule has 0 saturated carbocycles. The fourth-order valence-electron chi connectivity index (χ4n) is 3.32. The minimum absolute atomic E-state index is 0.0469. The fourth-order valence-corrected chi connectivity index (χ4v) is 3.32. The molecular formula is C17H23N5O3. The monoisotopic (exact) mass is 345 g/mol. The number of aromatic amines is 1. The predicted molar refractivity (Wildman–Crippen MR) is 92.3 cm³/mol. The summed E-state index contributed by atoms with van der Waals surface area (Å²) in [6.07, 6.45) is 8.99. The largest absolute Gasteiger partial charge is 0.338 e. The Kier molecular flexibility index (Phi) is 5.16. The second kappa shape index (κ2) is 7.50. The Morgan fingerprint density at radius 2 is 2.20 bits per heavy atom. The van der Waals surface area contributed by atoms with Gasteiger partial charge in [-0.1, -0.05) is 0 Å². The van der Waals surface area contributed by atoms with Crippen molar-refractivity contribution in [3.63, 3.8) is 0 Å². The van der Waals surface area contributed by atoms with E-state index >= 15 is 0 Å². The molecule has 25 heavy (non-hydrogen) atoms. The maximum absolute atomic E-state index is 12.7. The molecule has 1 amide bonds. The number of aryl methyl sites for hydroxylation is 2. The molecule has 0 spiro atoms. The molecule has 0 aliphatic carbocycles. The highest BCUT2D eigenvalue weighted by molar-refractivity contribution is 5.76. The topological polar surface area (TPSA) is 93.0 Å². The van der Waals surface area contributed by atoms with Crippen molar-refractivity contribution in [1.82, 2.24) is 24.2 Å². The molecule has 0 aromatic carbocycles. The van der Waals surface area contributed by atoms with E-state index in [9.17, 15) is 14.4 Å². The number of nitrogens with zero attached hydrogens (tertiary/aromatic N) is 4. The zero-order valence-electron chi connectivity index (χ0n) is 14.4. The lowest BCUT2D eigenvalue weighted by Gasteiger charge is -2.36. The third kappa shape index (κ3) is 4.07. The second-order valence-electron chi connectivity index (χ2n) is 6.49. The molecule has 2 aromatic rings. The van der Waals surface area contributed by atoms with Crippen molar-refractivity contribution >= 4 is 5.91 Å². The second-order valence-corrected chi connectivity index (χ2v) is 6.49. The molecule has 0 radical (unpaired) electrons. The van der Waals surface area contributed by atoms with Gasteiger partial charge in [0, 0.05) is 43.3 Å². The third-order valence-electron chi connectivity index (χ3n) is 4.69. The van der Waals surface area contributed by atoms with E-state index in [-0.39, 0.29) is 18.5 Å². The van der Waals surface area contributed by atoms with Gasteiger partial charge >= 0.3 is 5.69 Å². The Morgan fingerprint density at radius 3 is 2.96 bits per heavy atom. The van der Waals surface area contributed by atoms with Gasteiger partial charge in [-0.3, -0.25) is 23.8 Å². The molecule has 0 bridgehead atoms. The number of aromatic nitrogens is 4. The van der Waals surface area contributed by atoms with Crippen molar-refractivity contribution < 1.29 is 4.79 Å². The van der Waals surface area contributed by atoms with Gasteiger partial charge in [-0.25, -0.2) is 4.79 Å². The first-order valence-electron chi connectivity index (χ1n) is 8.62. The number of amides is 1. The summed E-state index contributed by atoms with van der Waals surface area (Å²) in [5.41, 5.74) is -0.543. The Hall–Kier alpha value is -2.64. The number of hydrogen-bond acceptors (Lipinski definition) is 4.